The molecule has 4 rings (SSSR count). The van der Waals surface area contributed by atoms with Crippen molar-refractivity contribution >= 4 is 33.8 Å². The summed E-state index contributed by atoms with van der Waals surface area (Å²) in [6.45, 7) is 5.56. The van der Waals surface area contributed by atoms with E-state index in [1.54, 1.807) is 39.0 Å². The number of allylic oxidation sites excluding steroid dienone is 1. The monoisotopic (exact) mass is 616 g/mol. The molecule has 43 heavy (non-hydrogen) atoms. The molecule has 1 saturated heterocycles. The van der Waals surface area contributed by atoms with Crippen LogP contribution in [0.4, 0.5) is 4.79 Å². The first-order valence-electron chi connectivity index (χ1n) is 15.2. The quantitative estimate of drug-likeness (QED) is 0.438. The summed E-state index contributed by atoms with van der Waals surface area (Å²) in [7, 11) is -4.16. The van der Waals surface area contributed by atoms with Gasteiger partial charge in [0.1, 0.15) is 23.2 Å². The number of alkyl carbamates (subject to hydrolysis) is 1. The molecule has 0 spiro atoms. The summed E-state index contributed by atoms with van der Waals surface area (Å²) in [6, 6.07) is 5.87. The van der Waals surface area contributed by atoms with Gasteiger partial charge in [0.25, 0.3) is 15.9 Å². The van der Waals surface area contributed by atoms with Crippen molar-refractivity contribution in [3.63, 3.8) is 0 Å². The fourth-order valence-electron chi connectivity index (χ4n) is 5.77. The molecule has 2 aliphatic heterocycles. The van der Waals surface area contributed by atoms with Gasteiger partial charge in [-0.15, -0.1) is 0 Å². The normalized spacial score (nSPS) is 28.0. The number of sulfonamides is 1. The van der Waals surface area contributed by atoms with Gasteiger partial charge in [0.2, 0.25) is 11.8 Å². The highest BCUT2D eigenvalue weighted by molar-refractivity contribution is 7.90. The molecule has 2 fully saturated rings. The van der Waals surface area contributed by atoms with E-state index in [1.165, 1.54) is 17.0 Å². The zero-order chi connectivity index (χ0) is 31.3. The molecule has 1 aromatic carbocycles. The molecular weight excluding hydrogens is 572 g/mol. The standard InChI is InChI=1S/C31H44N4O7S/c1-30(2,3)42-29(39)32-24-18-13-8-6-4-5-7-10-15-22-21-31(22,33-26(36)25-19-14-20-35(25)27(24)37)28(38)34-43(40,41)23-16-11-9-12-17-23/h9-12,15-17,22,24-25H,4-8,13-14,18-21H2,1-3H3,(H,32,39)(H,33,36)(H,34,38)/b15-10-/t22-,24?,25+,31-/m1/s1. The van der Waals surface area contributed by atoms with Crippen molar-refractivity contribution in [2.45, 2.75) is 113 Å². The number of nitrogens with zero attached hydrogens (tertiary/aromatic N) is 1. The Morgan fingerprint density at radius 2 is 1.70 bits per heavy atom. The number of rotatable bonds is 4. The lowest BCUT2D eigenvalue weighted by Gasteiger charge is -2.30. The summed E-state index contributed by atoms with van der Waals surface area (Å²) in [5, 5.41) is 5.57. The van der Waals surface area contributed by atoms with Gasteiger partial charge in [0, 0.05) is 12.5 Å². The fourth-order valence-corrected chi connectivity index (χ4v) is 6.83. The molecule has 236 valence electrons. The number of fused-ring (bicyclic) bond motifs is 2. The molecule has 1 aromatic rings. The van der Waals surface area contributed by atoms with E-state index in [-0.39, 0.29) is 23.1 Å². The second-order valence-corrected chi connectivity index (χ2v) is 14.4. The number of carbonyl (C=O) groups is 4. The average molecular weight is 617 g/mol. The molecule has 3 aliphatic rings. The van der Waals surface area contributed by atoms with Crippen LogP contribution in [0.25, 0.3) is 0 Å². The number of nitrogens with one attached hydrogen (secondary N) is 3. The van der Waals surface area contributed by atoms with Gasteiger partial charge in [-0.2, -0.15) is 0 Å². The van der Waals surface area contributed by atoms with Gasteiger partial charge < -0.3 is 20.3 Å². The molecule has 4 amide bonds. The SMILES string of the molecule is CC(C)(C)OC(=O)NC1CCCCCCC/C=C\[C@@H]2C[C@@]2(C(=O)NS(=O)(=O)c2ccccc2)NC(=O)[C@@H]2CCCN2C1=O. The smallest absolute Gasteiger partial charge is 0.408 e. The Kier molecular flexibility index (Phi) is 10.2. The van der Waals surface area contributed by atoms with Gasteiger partial charge in [0.15, 0.2) is 0 Å². The Balaban J connectivity index is 1.56. The van der Waals surface area contributed by atoms with Crippen LogP contribution in [0.3, 0.4) is 0 Å². The summed E-state index contributed by atoms with van der Waals surface area (Å²) in [4.78, 5) is 55.1. The lowest BCUT2D eigenvalue weighted by Crippen LogP contribution is -2.58. The Bertz CT molecular complexity index is 1330. The number of ether oxygens (including phenoxy) is 1. The highest BCUT2D eigenvalue weighted by atomic mass is 32.2. The second-order valence-electron chi connectivity index (χ2n) is 12.7. The molecule has 4 atom stereocenters. The van der Waals surface area contributed by atoms with E-state index in [9.17, 15) is 27.6 Å². The number of hydrogen-bond donors (Lipinski definition) is 3. The van der Waals surface area contributed by atoms with Gasteiger partial charge in [-0.05, 0) is 71.4 Å². The fraction of sp³-hybridized carbons (Fsp3) is 0.613. The molecule has 0 bridgehead atoms. The molecule has 0 radical (unpaired) electrons. The Morgan fingerprint density at radius 1 is 1.00 bits per heavy atom. The molecule has 3 N–H and O–H groups in total. The third-order valence-corrected chi connectivity index (χ3v) is 9.45. The summed E-state index contributed by atoms with van der Waals surface area (Å²) in [5.41, 5.74) is -2.19. The molecule has 1 unspecified atom stereocenters. The van der Waals surface area contributed by atoms with Crippen molar-refractivity contribution < 1.29 is 32.3 Å². The third kappa shape index (κ3) is 8.36. The molecule has 12 heteroatoms. The summed E-state index contributed by atoms with van der Waals surface area (Å²) in [6.07, 6.45) is 10.1. The number of amides is 4. The average Bonchev–Trinajstić information content (AvgIpc) is 3.40. The van der Waals surface area contributed by atoms with E-state index in [4.69, 9.17) is 4.74 Å². The van der Waals surface area contributed by atoms with Crippen LogP contribution in [0.2, 0.25) is 0 Å². The third-order valence-electron chi connectivity index (χ3n) is 8.11. The molecule has 2 heterocycles. The zero-order valence-corrected chi connectivity index (χ0v) is 26.1. The maximum atomic E-state index is 13.8. The topological polar surface area (TPSA) is 151 Å². The van der Waals surface area contributed by atoms with Crippen LogP contribution in [0.15, 0.2) is 47.4 Å². The first-order chi connectivity index (χ1) is 20.3. The van der Waals surface area contributed by atoms with Crippen molar-refractivity contribution in [1.82, 2.24) is 20.3 Å². The molecule has 1 aliphatic carbocycles. The minimum Gasteiger partial charge on any atom is -0.444 e. The Hall–Kier alpha value is -3.41. The largest absolute Gasteiger partial charge is 0.444 e. The Labute approximate surface area is 254 Å². The molecule has 11 nitrogen and oxygen atoms in total. The van der Waals surface area contributed by atoms with Gasteiger partial charge in [-0.25, -0.2) is 17.9 Å². The van der Waals surface area contributed by atoms with Gasteiger partial charge in [0.05, 0.1) is 4.90 Å². The maximum absolute atomic E-state index is 13.8. The van der Waals surface area contributed by atoms with Crippen molar-refractivity contribution in [2.24, 2.45) is 5.92 Å². The zero-order valence-electron chi connectivity index (χ0n) is 25.3. The first kappa shape index (κ1) is 32.5. The lowest BCUT2D eigenvalue weighted by atomic mass is 10.0. The van der Waals surface area contributed by atoms with Crippen molar-refractivity contribution in [1.29, 1.82) is 0 Å². The minimum absolute atomic E-state index is 0.0563. The summed E-state index contributed by atoms with van der Waals surface area (Å²) < 4.78 is 33.5. The van der Waals surface area contributed by atoms with E-state index in [2.05, 4.69) is 15.4 Å². The van der Waals surface area contributed by atoms with E-state index >= 15 is 0 Å². The van der Waals surface area contributed by atoms with Crippen LogP contribution < -0.4 is 15.4 Å². The van der Waals surface area contributed by atoms with Crippen LogP contribution in [-0.2, 0) is 29.1 Å². The van der Waals surface area contributed by atoms with Crippen LogP contribution >= 0.6 is 0 Å². The molecule has 1 saturated carbocycles. The molecular formula is C31H44N4O7S. The maximum Gasteiger partial charge on any atom is 0.408 e. The number of benzene rings is 1. The van der Waals surface area contributed by atoms with E-state index in [0.717, 1.165) is 38.5 Å². The van der Waals surface area contributed by atoms with Crippen molar-refractivity contribution in [2.75, 3.05) is 6.54 Å². The predicted octanol–water partition coefficient (Wildman–Crippen LogP) is 3.55. The highest BCUT2D eigenvalue weighted by Gasteiger charge is 2.61. The molecule has 0 aromatic heterocycles. The first-order valence-corrected chi connectivity index (χ1v) is 16.7. The van der Waals surface area contributed by atoms with E-state index < -0.39 is 51.2 Å². The highest BCUT2D eigenvalue weighted by Crippen LogP contribution is 2.45. The van der Waals surface area contributed by atoms with Gasteiger partial charge in [-0.1, -0.05) is 56.0 Å². The minimum atomic E-state index is -4.16. The Morgan fingerprint density at radius 3 is 2.42 bits per heavy atom. The van der Waals surface area contributed by atoms with Crippen molar-refractivity contribution in [3.05, 3.63) is 42.5 Å². The number of carbonyl (C=O) groups excluding carboxylic acids is 4. The van der Waals surface area contributed by atoms with Gasteiger partial charge >= 0.3 is 6.09 Å². The summed E-state index contributed by atoms with van der Waals surface area (Å²) >= 11 is 0. The van der Waals surface area contributed by atoms with Crippen LogP contribution in [0.5, 0.6) is 0 Å². The lowest BCUT2D eigenvalue weighted by molar-refractivity contribution is -0.141. The van der Waals surface area contributed by atoms with E-state index in [1.807, 2.05) is 12.2 Å². The van der Waals surface area contributed by atoms with Crippen LogP contribution in [-0.4, -0.2) is 66.9 Å². The van der Waals surface area contributed by atoms with Crippen LogP contribution in [0.1, 0.15) is 85.0 Å². The summed E-state index contributed by atoms with van der Waals surface area (Å²) in [5.74, 6) is -2.08. The second kappa shape index (κ2) is 13.5. The van der Waals surface area contributed by atoms with Crippen LogP contribution in [0, 0.1) is 5.92 Å². The van der Waals surface area contributed by atoms with Gasteiger partial charge in [-0.3, -0.25) is 14.4 Å². The predicted molar refractivity (Wildman–Crippen MR) is 160 cm³/mol. The number of hydrogen-bond acceptors (Lipinski definition) is 7. The van der Waals surface area contributed by atoms with E-state index in [0.29, 0.717) is 25.8 Å². The van der Waals surface area contributed by atoms with Crippen molar-refractivity contribution in [3.8, 4) is 0 Å².